The number of hydrogen-bond acceptors (Lipinski definition) is 6. The number of allylic oxidation sites excluding steroid dienone is 2. The number of carbonyl (C=O) groups is 1. The monoisotopic (exact) mass is 348 g/mol. The van der Waals surface area contributed by atoms with Gasteiger partial charge in [0.25, 0.3) is 0 Å². The average Bonchev–Trinajstić information content (AvgIpc) is 2.59. The quantitative estimate of drug-likeness (QED) is 0.808. The van der Waals surface area contributed by atoms with Gasteiger partial charge in [-0.25, -0.2) is 0 Å². The maximum Gasteiger partial charge on any atom is 0.214 e. The number of benzene rings is 1. The first kappa shape index (κ1) is 16.1. The number of aliphatic hydroxyl groups excluding tert-OH is 2. The number of thioether (sulfide) groups is 1. The van der Waals surface area contributed by atoms with Gasteiger partial charge in [0.15, 0.2) is 5.78 Å². The molecule has 6 heteroatoms. The van der Waals surface area contributed by atoms with Crippen molar-refractivity contribution in [3.8, 4) is 0 Å². The number of carbonyl (C=O) groups excluding carboxylic acids is 1. The highest BCUT2D eigenvalue weighted by molar-refractivity contribution is 8.04. The van der Waals surface area contributed by atoms with E-state index in [1.54, 1.807) is 6.92 Å². The Labute approximate surface area is 144 Å². The van der Waals surface area contributed by atoms with E-state index < -0.39 is 29.9 Å². The minimum atomic E-state index is -0.975. The number of rotatable bonds is 1. The highest BCUT2D eigenvalue weighted by Gasteiger charge is 2.49. The van der Waals surface area contributed by atoms with Gasteiger partial charge in [0, 0.05) is 12.8 Å². The first-order chi connectivity index (χ1) is 11.5. The molecule has 2 heterocycles. The molecule has 0 bridgehead atoms. The summed E-state index contributed by atoms with van der Waals surface area (Å²) in [6.07, 6.45) is -2.00. The molecule has 0 radical (unpaired) electrons. The SMILES string of the molecule is CC1OC2OC3=C(SC2C(O)C1O)C(=O)CC(c1ccccc1)C3. The predicted octanol–water partition coefficient (Wildman–Crippen LogP) is 1.94. The number of ketones is 1. The van der Waals surface area contributed by atoms with Crippen LogP contribution in [0.25, 0.3) is 0 Å². The Bertz CT molecular complexity index is 673. The van der Waals surface area contributed by atoms with Gasteiger partial charge in [-0.05, 0) is 18.4 Å². The zero-order valence-electron chi connectivity index (χ0n) is 13.3. The van der Waals surface area contributed by atoms with E-state index in [-0.39, 0.29) is 11.7 Å². The van der Waals surface area contributed by atoms with Crippen molar-refractivity contribution in [2.24, 2.45) is 0 Å². The smallest absolute Gasteiger partial charge is 0.214 e. The van der Waals surface area contributed by atoms with Gasteiger partial charge in [0.05, 0.1) is 11.0 Å². The molecule has 0 aromatic heterocycles. The van der Waals surface area contributed by atoms with Crippen molar-refractivity contribution in [3.05, 3.63) is 46.6 Å². The van der Waals surface area contributed by atoms with Crippen LogP contribution in [-0.4, -0.2) is 45.8 Å². The fraction of sp³-hybridized carbons (Fsp3) is 0.500. The lowest BCUT2D eigenvalue weighted by molar-refractivity contribution is -0.231. The third-order valence-electron chi connectivity index (χ3n) is 4.94. The van der Waals surface area contributed by atoms with E-state index in [1.807, 2.05) is 30.3 Å². The lowest BCUT2D eigenvalue weighted by Crippen LogP contribution is -2.57. The molecule has 4 rings (SSSR count). The van der Waals surface area contributed by atoms with E-state index in [1.165, 1.54) is 11.8 Å². The Morgan fingerprint density at radius 1 is 1.12 bits per heavy atom. The third-order valence-corrected chi connectivity index (χ3v) is 6.40. The molecule has 1 fully saturated rings. The van der Waals surface area contributed by atoms with Crippen LogP contribution >= 0.6 is 11.8 Å². The standard InChI is InChI=1S/C18H20O5S/c1-9-14(20)15(21)17-18(22-9)23-13-8-11(7-12(19)16(13)24-17)10-5-3-2-4-6-10/h2-6,9,11,14-15,17-18,20-21H,7-8H2,1H3. The van der Waals surface area contributed by atoms with Crippen LogP contribution in [0.1, 0.15) is 31.2 Å². The highest BCUT2D eigenvalue weighted by Crippen LogP contribution is 2.47. The first-order valence-corrected chi connectivity index (χ1v) is 9.08. The van der Waals surface area contributed by atoms with Gasteiger partial charge in [0.1, 0.15) is 23.2 Å². The van der Waals surface area contributed by atoms with Crippen LogP contribution in [0.3, 0.4) is 0 Å². The van der Waals surface area contributed by atoms with Gasteiger partial charge in [-0.2, -0.15) is 0 Å². The van der Waals surface area contributed by atoms with E-state index >= 15 is 0 Å². The minimum Gasteiger partial charge on any atom is -0.467 e. The molecular weight excluding hydrogens is 328 g/mol. The van der Waals surface area contributed by atoms with Crippen molar-refractivity contribution in [2.75, 3.05) is 0 Å². The molecule has 5 nitrogen and oxygen atoms in total. The van der Waals surface area contributed by atoms with Gasteiger partial charge < -0.3 is 19.7 Å². The average molecular weight is 348 g/mol. The maximum absolute atomic E-state index is 12.6. The maximum atomic E-state index is 12.6. The van der Waals surface area contributed by atoms with Crippen molar-refractivity contribution in [2.45, 2.75) is 55.5 Å². The Kier molecular flexibility index (Phi) is 4.16. The Morgan fingerprint density at radius 2 is 1.88 bits per heavy atom. The summed E-state index contributed by atoms with van der Waals surface area (Å²) in [5, 5.41) is 19.8. The van der Waals surface area contributed by atoms with Crippen LogP contribution in [0, 0.1) is 0 Å². The van der Waals surface area contributed by atoms with E-state index in [9.17, 15) is 15.0 Å². The molecule has 0 amide bonds. The molecule has 0 spiro atoms. The van der Waals surface area contributed by atoms with Gasteiger partial charge in [-0.3, -0.25) is 4.79 Å². The predicted molar refractivity (Wildman–Crippen MR) is 89.3 cm³/mol. The molecule has 128 valence electrons. The number of Topliss-reactive ketones (excluding diaryl/α,β-unsaturated/α-hetero) is 1. The van der Waals surface area contributed by atoms with Crippen LogP contribution in [0.2, 0.25) is 0 Å². The summed E-state index contributed by atoms with van der Waals surface area (Å²) in [6.45, 7) is 1.71. The zero-order valence-corrected chi connectivity index (χ0v) is 14.1. The second kappa shape index (κ2) is 6.19. The number of fused-ring (bicyclic) bond motifs is 1. The fourth-order valence-corrected chi connectivity index (χ4v) is 4.83. The molecule has 6 unspecified atom stereocenters. The lowest BCUT2D eigenvalue weighted by Gasteiger charge is -2.45. The van der Waals surface area contributed by atoms with Crippen molar-refractivity contribution in [1.82, 2.24) is 0 Å². The third kappa shape index (κ3) is 2.67. The summed E-state index contributed by atoms with van der Waals surface area (Å²) in [5.74, 6) is 0.794. The molecule has 1 aromatic carbocycles. The van der Waals surface area contributed by atoms with Crippen LogP contribution < -0.4 is 0 Å². The van der Waals surface area contributed by atoms with E-state index in [0.717, 1.165) is 5.56 Å². The van der Waals surface area contributed by atoms with E-state index in [4.69, 9.17) is 9.47 Å². The summed E-state index contributed by atoms with van der Waals surface area (Å²) in [4.78, 5) is 13.2. The topological polar surface area (TPSA) is 76.0 Å². The molecule has 1 aliphatic carbocycles. The summed E-state index contributed by atoms with van der Waals surface area (Å²) in [7, 11) is 0. The second-order valence-electron chi connectivity index (χ2n) is 6.58. The highest BCUT2D eigenvalue weighted by atomic mass is 32.2. The fourth-order valence-electron chi connectivity index (χ4n) is 3.55. The van der Waals surface area contributed by atoms with Crippen molar-refractivity contribution < 1.29 is 24.5 Å². The molecular formula is C18H20O5S. The normalized spacial score (nSPS) is 39.0. The minimum absolute atomic E-state index is 0.0360. The summed E-state index contributed by atoms with van der Waals surface area (Å²) in [6, 6.07) is 9.96. The van der Waals surface area contributed by atoms with Crippen molar-refractivity contribution >= 4 is 17.5 Å². The summed E-state index contributed by atoms with van der Waals surface area (Å²) >= 11 is 1.29. The zero-order chi connectivity index (χ0) is 16.8. The van der Waals surface area contributed by atoms with Crippen molar-refractivity contribution in [1.29, 1.82) is 0 Å². The first-order valence-electron chi connectivity index (χ1n) is 8.21. The molecule has 0 saturated carbocycles. The summed E-state index contributed by atoms with van der Waals surface area (Å²) < 4.78 is 11.6. The Balaban J connectivity index is 1.60. The molecule has 24 heavy (non-hydrogen) atoms. The molecule has 1 aromatic rings. The van der Waals surface area contributed by atoms with Gasteiger partial charge >= 0.3 is 0 Å². The van der Waals surface area contributed by atoms with Crippen LogP contribution in [0.15, 0.2) is 41.0 Å². The second-order valence-corrected chi connectivity index (χ2v) is 7.77. The summed E-state index contributed by atoms with van der Waals surface area (Å²) in [5.41, 5.74) is 1.13. The molecule has 1 saturated heterocycles. The van der Waals surface area contributed by atoms with Crippen LogP contribution in [-0.2, 0) is 14.3 Å². The number of hydrogen-bond donors (Lipinski definition) is 2. The van der Waals surface area contributed by atoms with E-state index in [0.29, 0.717) is 23.5 Å². The molecule has 3 aliphatic rings. The molecule has 6 atom stereocenters. The van der Waals surface area contributed by atoms with Crippen LogP contribution in [0.5, 0.6) is 0 Å². The Morgan fingerprint density at radius 3 is 2.62 bits per heavy atom. The Hall–Kier alpha value is -1.34. The largest absolute Gasteiger partial charge is 0.467 e. The lowest BCUT2D eigenvalue weighted by atomic mass is 9.86. The molecule has 2 N–H and O–H groups in total. The van der Waals surface area contributed by atoms with Gasteiger partial charge in [-0.15, -0.1) is 11.8 Å². The number of aliphatic hydroxyl groups is 2. The number of ether oxygens (including phenoxy) is 2. The van der Waals surface area contributed by atoms with Gasteiger partial charge in [0.2, 0.25) is 6.29 Å². The molecule has 2 aliphatic heterocycles. The van der Waals surface area contributed by atoms with E-state index in [2.05, 4.69) is 0 Å². The van der Waals surface area contributed by atoms with Crippen molar-refractivity contribution in [3.63, 3.8) is 0 Å². The van der Waals surface area contributed by atoms with Crippen LogP contribution in [0.4, 0.5) is 0 Å². The van der Waals surface area contributed by atoms with Gasteiger partial charge in [-0.1, -0.05) is 30.3 Å².